The molecule has 0 amide bonds. The van der Waals surface area contributed by atoms with Crippen molar-refractivity contribution >= 4 is 51.1 Å². The van der Waals surface area contributed by atoms with Crippen molar-refractivity contribution < 1.29 is 13.2 Å². The van der Waals surface area contributed by atoms with Crippen LogP contribution in [0.1, 0.15) is 24.7 Å². The van der Waals surface area contributed by atoms with Gasteiger partial charge in [-0.05, 0) is 42.8 Å². The highest BCUT2D eigenvalue weighted by Crippen LogP contribution is 2.38. The van der Waals surface area contributed by atoms with E-state index in [9.17, 15) is 18.0 Å². The number of pyridine rings is 1. The number of nitrogens with zero attached hydrogens (tertiary/aromatic N) is 3. The van der Waals surface area contributed by atoms with Crippen molar-refractivity contribution in [2.45, 2.75) is 42.0 Å². The second kappa shape index (κ2) is 8.47. The number of halogens is 4. The summed E-state index contributed by atoms with van der Waals surface area (Å²) < 4.78 is 39.1. The average Bonchev–Trinajstić information content (AvgIpc) is 3.36. The summed E-state index contributed by atoms with van der Waals surface area (Å²) in [5, 5.41) is 1.90. The molecular formula is C22H20ClF3N6OS. The van der Waals surface area contributed by atoms with Crippen LogP contribution in [0.15, 0.2) is 39.1 Å². The number of alkyl halides is 3. The molecule has 1 fully saturated rings. The number of hydrogen-bond acceptors (Lipinski definition) is 6. The summed E-state index contributed by atoms with van der Waals surface area (Å²) in [7, 11) is 0. The Bertz CT molecular complexity index is 1470. The summed E-state index contributed by atoms with van der Waals surface area (Å²) in [5.74, 6) is 0.690. The van der Waals surface area contributed by atoms with Gasteiger partial charge in [-0.2, -0.15) is 13.2 Å². The molecule has 1 atom stereocenters. The van der Waals surface area contributed by atoms with Gasteiger partial charge in [0.1, 0.15) is 17.2 Å². The van der Waals surface area contributed by atoms with Crippen molar-refractivity contribution in [2.75, 3.05) is 18.0 Å². The number of anilines is 1. The van der Waals surface area contributed by atoms with Gasteiger partial charge in [-0.25, -0.2) is 9.97 Å². The lowest BCUT2D eigenvalue weighted by Crippen LogP contribution is -2.27. The van der Waals surface area contributed by atoms with Crippen LogP contribution in [0.5, 0.6) is 0 Å². The van der Waals surface area contributed by atoms with E-state index in [0.717, 1.165) is 24.0 Å². The number of fused-ring (bicyclic) bond motifs is 2. The van der Waals surface area contributed by atoms with Crippen molar-refractivity contribution in [1.29, 1.82) is 0 Å². The maximum atomic E-state index is 13.0. The molecule has 0 aliphatic carbocycles. The number of benzene rings is 1. The Kier molecular flexibility index (Phi) is 5.73. The Morgan fingerprint density at radius 2 is 2.06 bits per heavy atom. The highest BCUT2D eigenvalue weighted by atomic mass is 35.5. The third-order valence-corrected chi connectivity index (χ3v) is 7.09. The first kappa shape index (κ1) is 23.0. The number of aryl methyl sites for hydroxylation is 1. The number of H-pyrrole nitrogens is 2. The molecule has 1 unspecified atom stereocenters. The van der Waals surface area contributed by atoms with Crippen LogP contribution in [0, 0.1) is 0 Å². The van der Waals surface area contributed by atoms with E-state index < -0.39 is 17.3 Å². The first-order valence-corrected chi connectivity index (χ1v) is 11.8. The molecule has 3 aromatic heterocycles. The molecule has 12 heteroatoms. The fourth-order valence-electron chi connectivity index (χ4n) is 4.12. The maximum Gasteiger partial charge on any atom is 0.431 e. The summed E-state index contributed by atoms with van der Waals surface area (Å²) in [6.07, 6.45) is -3.10. The highest BCUT2D eigenvalue weighted by molar-refractivity contribution is 7.99. The first-order valence-electron chi connectivity index (χ1n) is 10.6. The van der Waals surface area contributed by atoms with Gasteiger partial charge in [0, 0.05) is 46.7 Å². The largest absolute Gasteiger partial charge is 0.431 e. The maximum absolute atomic E-state index is 13.0. The Balaban J connectivity index is 1.57. The molecule has 7 nitrogen and oxygen atoms in total. The van der Waals surface area contributed by atoms with Crippen molar-refractivity contribution in [3.05, 3.63) is 50.9 Å². The molecule has 0 saturated carbocycles. The van der Waals surface area contributed by atoms with E-state index in [4.69, 9.17) is 22.3 Å². The zero-order valence-corrected chi connectivity index (χ0v) is 19.5. The minimum Gasteiger partial charge on any atom is -0.354 e. The third kappa shape index (κ3) is 4.12. The summed E-state index contributed by atoms with van der Waals surface area (Å²) in [4.78, 5) is 30.0. The van der Waals surface area contributed by atoms with Crippen LogP contribution >= 0.6 is 23.4 Å². The molecule has 34 heavy (non-hydrogen) atoms. The van der Waals surface area contributed by atoms with Crippen LogP contribution in [0.2, 0.25) is 5.02 Å². The second-order valence-corrected chi connectivity index (χ2v) is 9.59. The zero-order valence-electron chi connectivity index (χ0n) is 18.0. The number of rotatable bonds is 4. The van der Waals surface area contributed by atoms with Crippen LogP contribution in [-0.2, 0) is 12.6 Å². The van der Waals surface area contributed by atoms with Crippen molar-refractivity contribution in [2.24, 2.45) is 5.73 Å². The molecular weight excluding hydrogens is 489 g/mol. The van der Waals surface area contributed by atoms with E-state index in [1.165, 1.54) is 23.9 Å². The van der Waals surface area contributed by atoms with Gasteiger partial charge >= 0.3 is 6.18 Å². The Morgan fingerprint density at radius 1 is 1.26 bits per heavy atom. The van der Waals surface area contributed by atoms with E-state index in [0.29, 0.717) is 45.6 Å². The van der Waals surface area contributed by atoms with Gasteiger partial charge in [0.15, 0.2) is 10.6 Å². The van der Waals surface area contributed by atoms with E-state index >= 15 is 0 Å². The SMILES string of the molecule is CCc1[nH]c2nc(Sc3ccc4[nH]c(C(F)(F)F)cc(=O)c4c3)nc(N3CCC(N)C3)c2c1Cl. The van der Waals surface area contributed by atoms with Crippen LogP contribution in [-0.4, -0.2) is 39.1 Å². The Hall–Kier alpha value is -2.76. The predicted molar refractivity (Wildman–Crippen MR) is 127 cm³/mol. The number of aromatic nitrogens is 4. The standard InChI is InChI=1S/C22H20ClF3N6OS/c1-2-13-18(23)17-19(29-13)30-21(31-20(17)32-6-5-10(27)9-32)34-11-3-4-14-12(7-11)15(33)8-16(28-14)22(24,25)26/h3-4,7-8,10H,2,5-6,9,27H2,1H3,(H,28,33)(H,29,30,31). The lowest BCUT2D eigenvalue weighted by Gasteiger charge is -2.18. The van der Waals surface area contributed by atoms with E-state index in [1.54, 1.807) is 6.07 Å². The number of nitrogens with one attached hydrogen (secondary N) is 2. The minimum absolute atomic E-state index is 0.0401. The van der Waals surface area contributed by atoms with E-state index in [1.807, 2.05) is 6.92 Å². The summed E-state index contributed by atoms with van der Waals surface area (Å²) in [6, 6.07) is 5.23. The van der Waals surface area contributed by atoms with E-state index in [-0.39, 0.29) is 16.9 Å². The minimum atomic E-state index is -4.63. The predicted octanol–water partition coefficient (Wildman–Crippen LogP) is 4.72. The van der Waals surface area contributed by atoms with Gasteiger partial charge in [-0.15, -0.1) is 0 Å². The first-order chi connectivity index (χ1) is 16.1. The van der Waals surface area contributed by atoms with Gasteiger partial charge in [-0.1, -0.05) is 18.5 Å². The monoisotopic (exact) mass is 508 g/mol. The topological polar surface area (TPSA) is 104 Å². The van der Waals surface area contributed by atoms with Gasteiger partial charge < -0.3 is 20.6 Å². The zero-order chi connectivity index (χ0) is 24.2. The van der Waals surface area contributed by atoms with Crippen LogP contribution in [0.4, 0.5) is 19.0 Å². The average molecular weight is 509 g/mol. The van der Waals surface area contributed by atoms with Gasteiger partial charge in [0.2, 0.25) is 0 Å². The molecule has 1 saturated heterocycles. The summed E-state index contributed by atoms with van der Waals surface area (Å²) in [5.41, 5.74) is 5.88. The highest BCUT2D eigenvalue weighted by Gasteiger charge is 2.32. The van der Waals surface area contributed by atoms with Crippen LogP contribution in [0.3, 0.4) is 0 Å². The molecule has 0 spiro atoms. The molecule has 4 aromatic rings. The van der Waals surface area contributed by atoms with Crippen molar-refractivity contribution in [1.82, 2.24) is 19.9 Å². The fraction of sp³-hybridized carbons (Fsp3) is 0.318. The number of hydrogen-bond donors (Lipinski definition) is 3. The van der Waals surface area contributed by atoms with Crippen molar-refractivity contribution in [3.63, 3.8) is 0 Å². The normalized spacial score (nSPS) is 16.8. The smallest absolute Gasteiger partial charge is 0.354 e. The summed E-state index contributed by atoms with van der Waals surface area (Å²) >= 11 is 7.84. The molecule has 0 radical (unpaired) electrons. The van der Waals surface area contributed by atoms with E-state index in [2.05, 4.69) is 19.9 Å². The number of aromatic amines is 2. The second-order valence-electron chi connectivity index (χ2n) is 8.17. The van der Waals surface area contributed by atoms with Gasteiger partial charge in [0.05, 0.1) is 10.4 Å². The lowest BCUT2D eigenvalue weighted by molar-refractivity contribution is -0.141. The molecule has 1 aliphatic heterocycles. The molecule has 1 aromatic carbocycles. The van der Waals surface area contributed by atoms with Crippen LogP contribution < -0.4 is 16.1 Å². The Morgan fingerprint density at radius 3 is 2.74 bits per heavy atom. The molecule has 0 bridgehead atoms. The van der Waals surface area contributed by atoms with Crippen LogP contribution in [0.25, 0.3) is 21.9 Å². The lowest BCUT2D eigenvalue weighted by atomic mass is 10.2. The molecule has 4 N–H and O–H groups in total. The summed E-state index contributed by atoms with van der Waals surface area (Å²) in [6.45, 7) is 3.38. The fourth-order valence-corrected chi connectivity index (χ4v) is 5.26. The molecule has 5 rings (SSSR count). The molecule has 178 valence electrons. The number of nitrogens with two attached hydrogens (primary N) is 1. The molecule has 4 heterocycles. The van der Waals surface area contributed by atoms with Crippen molar-refractivity contribution in [3.8, 4) is 0 Å². The Labute approximate surface area is 200 Å². The van der Waals surface area contributed by atoms with Gasteiger partial charge in [-0.3, -0.25) is 4.79 Å². The van der Waals surface area contributed by atoms with Gasteiger partial charge in [0.25, 0.3) is 0 Å². The quantitative estimate of drug-likeness (QED) is 0.345. The third-order valence-electron chi connectivity index (χ3n) is 5.82. The molecule has 1 aliphatic rings.